The summed E-state index contributed by atoms with van der Waals surface area (Å²) in [6.45, 7) is 1.86. The molecule has 0 saturated heterocycles. The van der Waals surface area contributed by atoms with Crippen molar-refractivity contribution in [2.45, 2.75) is 32.7 Å². The summed E-state index contributed by atoms with van der Waals surface area (Å²) in [4.78, 5) is 21.4. The summed E-state index contributed by atoms with van der Waals surface area (Å²) in [6.07, 6.45) is 2.10. The Morgan fingerprint density at radius 3 is 2.72 bits per heavy atom. The molecule has 0 spiro atoms. The maximum absolute atomic E-state index is 11.3. The van der Waals surface area contributed by atoms with Crippen LogP contribution in [0.15, 0.2) is 0 Å². The summed E-state index contributed by atoms with van der Waals surface area (Å²) in [5.74, 6) is -1.40. The van der Waals surface area contributed by atoms with Crippen molar-refractivity contribution in [3.8, 4) is 0 Å². The first kappa shape index (κ1) is 14.1. The second kappa shape index (κ2) is 6.10. The minimum absolute atomic E-state index is 0.104. The number of carbonyl (C=O) groups excluding carboxylic acids is 1. The van der Waals surface area contributed by atoms with Crippen molar-refractivity contribution in [1.82, 2.24) is 9.78 Å². The lowest BCUT2D eigenvalue weighted by Gasteiger charge is -2.02. The Labute approximate surface area is 104 Å². The first-order valence-corrected chi connectivity index (χ1v) is 5.67. The van der Waals surface area contributed by atoms with Gasteiger partial charge in [0.05, 0.1) is 23.9 Å². The quantitative estimate of drug-likeness (QED) is 0.533. The van der Waals surface area contributed by atoms with Crippen molar-refractivity contribution >= 4 is 11.7 Å². The van der Waals surface area contributed by atoms with Crippen molar-refractivity contribution in [1.29, 1.82) is 0 Å². The van der Waals surface area contributed by atoms with E-state index in [-0.39, 0.29) is 18.7 Å². The number of nitro groups is 1. The first-order chi connectivity index (χ1) is 8.52. The number of unbranched alkanes of at least 4 members (excludes halogenated alkanes) is 1. The Balaban J connectivity index is 3.30. The summed E-state index contributed by atoms with van der Waals surface area (Å²) in [6, 6.07) is 0. The molecule has 0 fully saturated rings. The van der Waals surface area contributed by atoms with E-state index in [1.807, 2.05) is 6.92 Å². The van der Waals surface area contributed by atoms with E-state index in [1.165, 1.54) is 4.68 Å². The Morgan fingerprint density at radius 2 is 2.28 bits per heavy atom. The molecule has 1 heterocycles. The highest BCUT2D eigenvalue weighted by Crippen LogP contribution is 2.22. The van der Waals surface area contributed by atoms with Crippen LogP contribution in [0.3, 0.4) is 0 Å². The third-order valence-electron chi connectivity index (χ3n) is 2.54. The predicted molar refractivity (Wildman–Crippen MR) is 63.1 cm³/mol. The number of nitrogens with zero attached hydrogens (tertiary/aromatic N) is 3. The van der Waals surface area contributed by atoms with E-state index in [9.17, 15) is 14.9 Å². The van der Waals surface area contributed by atoms with E-state index in [2.05, 4.69) is 5.10 Å². The smallest absolute Gasteiger partial charge is 0.394 e. The van der Waals surface area contributed by atoms with Crippen LogP contribution in [0.5, 0.6) is 0 Å². The number of hydrogen-bond acceptors (Lipinski definition) is 5. The van der Waals surface area contributed by atoms with E-state index in [0.29, 0.717) is 12.1 Å². The van der Waals surface area contributed by atoms with Gasteiger partial charge in [0.25, 0.3) is 5.91 Å². The highest BCUT2D eigenvalue weighted by Gasteiger charge is 2.30. The number of hydrogen-bond donors (Lipinski definition) is 2. The monoisotopic (exact) mass is 256 g/mol. The molecular weight excluding hydrogens is 240 g/mol. The van der Waals surface area contributed by atoms with Gasteiger partial charge in [-0.3, -0.25) is 4.79 Å². The van der Waals surface area contributed by atoms with Gasteiger partial charge in [-0.1, -0.05) is 13.3 Å². The van der Waals surface area contributed by atoms with Crippen molar-refractivity contribution in [3.05, 3.63) is 21.4 Å². The Bertz CT molecular complexity index is 455. The normalized spacial score (nSPS) is 10.6. The number of aliphatic hydroxyl groups excluding tert-OH is 1. The minimum atomic E-state index is -0.864. The second-order valence-corrected chi connectivity index (χ2v) is 3.82. The number of rotatable bonds is 7. The number of carbonyl (C=O) groups is 1. The standard InChI is InChI=1S/C10H16N4O4/c1-2-3-4-7-8(9(11)16)10(14(17)18)12-13(7)5-6-15/h15H,2-6H2,1H3,(H2,11,16). The van der Waals surface area contributed by atoms with Gasteiger partial charge < -0.3 is 21.0 Å². The zero-order valence-corrected chi connectivity index (χ0v) is 10.1. The Morgan fingerprint density at radius 1 is 1.61 bits per heavy atom. The molecule has 1 aromatic heterocycles. The summed E-state index contributed by atoms with van der Waals surface area (Å²) in [5, 5.41) is 23.5. The van der Waals surface area contributed by atoms with E-state index < -0.39 is 16.6 Å². The van der Waals surface area contributed by atoms with E-state index in [4.69, 9.17) is 10.8 Å². The number of nitrogens with two attached hydrogens (primary N) is 1. The van der Waals surface area contributed by atoms with Crippen LogP contribution in [-0.4, -0.2) is 32.3 Å². The molecule has 1 rings (SSSR count). The molecule has 0 unspecified atom stereocenters. The van der Waals surface area contributed by atoms with Crippen LogP contribution in [0.2, 0.25) is 0 Å². The zero-order chi connectivity index (χ0) is 13.7. The highest BCUT2D eigenvalue weighted by molar-refractivity contribution is 5.97. The topological polar surface area (TPSA) is 124 Å². The Hall–Kier alpha value is -1.96. The molecule has 0 aliphatic rings. The van der Waals surface area contributed by atoms with E-state index >= 15 is 0 Å². The summed E-state index contributed by atoms with van der Waals surface area (Å²) >= 11 is 0. The first-order valence-electron chi connectivity index (χ1n) is 5.67. The summed E-state index contributed by atoms with van der Waals surface area (Å²) < 4.78 is 1.29. The number of aromatic nitrogens is 2. The SMILES string of the molecule is CCCCc1c(C(N)=O)c([N+](=O)[O-])nn1CCO. The van der Waals surface area contributed by atoms with Crippen LogP contribution in [0.1, 0.15) is 35.8 Å². The molecule has 0 radical (unpaired) electrons. The maximum atomic E-state index is 11.3. The molecule has 1 aromatic rings. The van der Waals surface area contributed by atoms with Crippen LogP contribution in [0.25, 0.3) is 0 Å². The third-order valence-corrected chi connectivity index (χ3v) is 2.54. The zero-order valence-electron chi connectivity index (χ0n) is 10.1. The molecule has 0 aliphatic carbocycles. The van der Waals surface area contributed by atoms with E-state index in [1.54, 1.807) is 0 Å². The van der Waals surface area contributed by atoms with Crippen molar-refractivity contribution in [2.24, 2.45) is 5.73 Å². The number of primary amides is 1. The van der Waals surface area contributed by atoms with Crippen molar-refractivity contribution < 1.29 is 14.8 Å². The average Bonchev–Trinajstić information content (AvgIpc) is 2.66. The van der Waals surface area contributed by atoms with Crippen LogP contribution >= 0.6 is 0 Å². The van der Waals surface area contributed by atoms with E-state index in [0.717, 1.165) is 12.8 Å². The second-order valence-electron chi connectivity index (χ2n) is 3.82. The summed E-state index contributed by atoms with van der Waals surface area (Å²) in [7, 11) is 0. The fourth-order valence-electron chi connectivity index (χ4n) is 1.74. The lowest BCUT2D eigenvalue weighted by molar-refractivity contribution is -0.390. The molecule has 18 heavy (non-hydrogen) atoms. The van der Waals surface area contributed by atoms with Crippen molar-refractivity contribution in [3.63, 3.8) is 0 Å². The van der Waals surface area contributed by atoms with Gasteiger partial charge in [-0.05, 0) is 17.8 Å². The molecular formula is C10H16N4O4. The van der Waals surface area contributed by atoms with Gasteiger partial charge in [0.15, 0.2) is 5.56 Å². The van der Waals surface area contributed by atoms with Crippen LogP contribution in [0, 0.1) is 10.1 Å². The molecule has 1 amide bonds. The molecule has 8 nitrogen and oxygen atoms in total. The lowest BCUT2D eigenvalue weighted by Crippen LogP contribution is -2.16. The molecule has 0 bridgehead atoms. The largest absolute Gasteiger partial charge is 0.403 e. The molecule has 0 aromatic carbocycles. The molecule has 3 N–H and O–H groups in total. The lowest BCUT2D eigenvalue weighted by atomic mass is 10.1. The van der Waals surface area contributed by atoms with Gasteiger partial charge in [-0.25, -0.2) is 0 Å². The molecule has 0 saturated carbocycles. The molecule has 0 aliphatic heterocycles. The fraction of sp³-hybridized carbons (Fsp3) is 0.600. The van der Waals surface area contributed by atoms with Crippen LogP contribution < -0.4 is 5.73 Å². The number of amides is 1. The number of aliphatic hydroxyl groups is 1. The minimum Gasteiger partial charge on any atom is -0.394 e. The van der Waals surface area contributed by atoms with Gasteiger partial charge >= 0.3 is 5.82 Å². The predicted octanol–water partition coefficient (Wildman–Crippen LogP) is 0.225. The molecule has 100 valence electrons. The van der Waals surface area contributed by atoms with Gasteiger partial charge in [0.1, 0.15) is 0 Å². The van der Waals surface area contributed by atoms with Gasteiger partial charge in [0, 0.05) is 0 Å². The Kier molecular flexibility index (Phi) is 4.78. The molecule has 0 atom stereocenters. The van der Waals surface area contributed by atoms with Crippen LogP contribution in [-0.2, 0) is 13.0 Å². The van der Waals surface area contributed by atoms with Gasteiger partial charge in [-0.15, -0.1) is 0 Å². The average molecular weight is 256 g/mol. The van der Waals surface area contributed by atoms with Crippen LogP contribution in [0.4, 0.5) is 5.82 Å². The third kappa shape index (κ3) is 2.83. The van der Waals surface area contributed by atoms with Gasteiger partial charge in [0.2, 0.25) is 0 Å². The highest BCUT2D eigenvalue weighted by atomic mass is 16.6. The van der Waals surface area contributed by atoms with Crippen molar-refractivity contribution in [2.75, 3.05) is 6.61 Å². The van der Waals surface area contributed by atoms with Gasteiger partial charge in [-0.2, -0.15) is 4.68 Å². The fourth-order valence-corrected chi connectivity index (χ4v) is 1.74. The molecule has 8 heteroatoms. The maximum Gasteiger partial charge on any atom is 0.403 e. The summed E-state index contributed by atoms with van der Waals surface area (Å²) in [5.41, 5.74) is 5.45.